The zero-order valence-electron chi connectivity index (χ0n) is 14.5. The van der Waals surface area contributed by atoms with E-state index in [1.807, 2.05) is 47.9 Å². The van der Waals surface area contributed by atoms with Gasteiger partial charge >= 0.3 is 0 Å². The van der Waals surface area contributed by atoms with E-state index in [0.29, 0.717) is 11.5 Å². The lowest BCUT2D eigenvalue weighted by Gasteiger charge is -2.08. The number of oxime groups is 1. The molecule has 8 heteroatoms. The summed E-state index contributed by atoms with van der Waals surface area (Å²) in [6.45, 7) is 2.78. The van der Waals surface area contributed by atoms with Gasteiger partial charge in [-0.2, -0.15) is 0 Å². The van der Waals surface area contributed by atoms with Crippen LogP contribution < -0.4 is 4.74 Å². The molecule has 0 atom stereocenters. The first kappa shape index (κ1) is 17.9. The third-order valence-corrected chi connectivity index (χ3v) is 4.83. The molecule has 2 heterocycles. The van der Waals surface area contributed by atoms with Gasteiger partial charge in [0.05, 0.1) is 12.8 Å². The monoisotopic (exact) mass is 369 g/mol. The molecule has 0 saturated carbocycles. The van der Waals surface area contributed by atoms with Crippen LogP contribution in [0.5, 0.6) is 5.75 Å². The van der Waals surface area contributed by atoms with Gasteiger partial charge in [0.15, 0.2) is 11.0 Å². The van der Waals surface area contributed by atoms with Crippen molar-refractivity contribution in [1.82, 2.24) is 19.7 Å². The molecule has 0 saturated heterocycles. The summed E-state index contributed by atoms with van der Waals surface area (Å²) in [5, 5.41) is 22.2. The summed E-state index contributed by atoms with van der Waals surface area (Å²) >= 11 is 1.48. The van der Waals surface area contributed by atoms with Crippen LogP contribution in [0.3, 0.4) is 0 Å². The van der Waals surface area contributed by atoms with Gasteiger partial charge in [0.25, 0.3) is 0 Å². The fourth-order valence-electron chi connectivity index (χ4n) is 2.48. The van der Waals surface area contributed by atoms with Crippen molar-refractivity contribution in [3.05, 3.63) is 54.4 Å². The summed E-state index contributed by atoms with van der Waals surface area (Å²) in [7, 11) is 1.61. The Morgan fingerprint density at radius 2 is 1.88 bits per heavy atom. The van der Waals surface area contributed by atoms with Crippen LogP contribution in [0.25, 0.3) is 11.4 Å². The fraction of sp³-hybridized carbons (Fsp3) is 0.222. The first-order chi connectivity index (χ1) is 12.8. The van der Waals surface area contributed by atoms with Crippen LogP contribution in [0.4, 0.5) is 0 Å². The second-order valence-electron chi connectivity index (χ2n) is 5.35. The average molecular weight is 369 g/mol. The van der Waals surface area contributed by atoms with E-state index in [4.69, 9.17) is 4.74 Å². The number of ether oxygens (including phenoxy) is 1. The van der Waals surface area contributed by atoms with Gasteiger partial charge in [-0.25, -0.2) is 0 Å². The first-order valence-corrected chi connectivity index (χ1v) is 9.07. The molecule has 1 N–H and O–H groups in total. The molecule has 1 aromatic carbocycles. The molecule has 134 valence electrons. The van der Waals surface area contributed by atoms with E-state index in [2.05, 4.69) is 20.3 Å². The Morgan fingerprint density at radius 3 is 2.50 bits per heavy atom. The molecule has 0 aliphatic carbocycles. The minimum Gasteiger partial charge on any atom is -0.497 e. The number of hydrogen-bond acceptors (Lipinski definition) is 7. The Labute approximate surface area is 155 Å². The van der Waals surface area contributed by atoms with Gasteiger partial charge in [-0.05, 0) is 43.3 Å². The molecule has 2 aromatic heterocycles. The van der Waals surface area contributed by atoms with Gasteiger partial charge in [-0.15, -0.1) is 10.2 Å². The van der Waals surface area contributed by atoms with Gasteiger partial charge < -0.3 is 14.5 Å². The fourth-order valence-corrected chi connectivity index (χ4v) is 3.44. The van der Waals surface area contributed by atoms with Crippen molar-refractivity contribution >= 4 is 17.5 Å². The Hall–Kier alpha value is -2.87. The Balaban J connectivity index is 1.77. The first-order valence-electron chi connectivity index (χ1n) is 8.08. The molecule has 3 rings (SSSR count). The minimum atomic E-state index is 0.470. The molecule has 0 fully saturated rings. The van der Waals surface area contributed by atoms with E-state index < -0.39 is 0 Å². The van der Waals surface area contributed by atoms with Crippen LogP contribution in [0.15, 0.2) is 59.1 Å². The maximum Gasteiger partial charge on any atom is 0.191 e. The third kappa shape index (κ3) is 3.85. The van der Waals surface area contributed by atoms with Crippen molar-refractivity contribution in [1.29, 1.82) is 0 Å². The van der Waals surface area contributed by atoms with Gasteiger partial charge in [-0.1, -0.05) is 16.9 Å². The highest BCUT2D eigenvalue weighted by Crippen LogP contribution is 2.24. The lowest BCUT2D eigenvalue weighted by atomic mass is 10.1. The minimum absolute atomic E-state index is 0.470. The predicted octanol–water partition coefficient (Wildman–Crippen LogP) is 3.34. The zero-order valence-corrected chi connectivity index (χ0v) is 15.3. The van der Waals surface area contributed by atoms with Crippen LogP contribution in [-0.4, -0.2) is 43.5 Å². The number of nitrogens with zero attached hydrogens (tertiary/aromatic N) is 5. The van der Waals surface area contributed by atoms with Gasteiger partial charge in [0, 0.05) is 35.8 Å². The number of benzene rings is 1. The highest BCUT2D eigenvalue weighted by atomic mass is 32.2. The largest absolute Gasteiger partial charge is 0.497 e. The summed E-state index contributed by atoms with van der Waals surface area (Å²) in [5.41, 5.74) is 2.36. The number of hydrogen-bond donors (Lipinski definition) is 1. The van der Waals surface area contributed by atoms with E-state index in [9.17, 15) is 5.21 Å². The highest BCUT2D eigenvalue weighted by molar-refractivity contribution is 7.99. The SMILES string of the molecule is CCn1c(SC/C(=N/O)c2ccc(OC)cc2)nnc1-c1ccncc1. The molecule has 7 nitrogen and oxygen atoms in total. The van der Waals surface area contributed by atoms with E-state index in [1.165, 1.54) is 11.8 Å². The quantitative estimate of drug-likeness (QED) is 0.298. The smallest absolute Gasteiger partial charge is 0.191 e. The van der Waals surface area contributed by atoms with Crippen LogP contribution in [-0.2, 0) is 6.54 Å². The third-order valence-electron chi connectivity index (χ3n) is 3.85. The molecule has 0 aliphatic heterocycles. The Morgan fingerprint density at radius 1 is 1.15 bits per heavy atom. The molecule has 0 spiro atoms. The highest BCUT2D eigenvalue weighted by Gasteiger charge is 2.15. The zero-order chi connectivity index (χ0) is 18.4. The summed E-state index contributed by atoms with van der Waals surface area (Å²) in [6.07, 6.45) is 3.47. The van der Waals surface area contributed by atoms with Crippen molar-refractivity contribution in [3.8, 4) is 17.1 Å². The summed E-state index contributed by atoms with van der Waals surface area (Å²) in [5.74, 6) is 2.02. The topological polar surface area (TPSA) is 85.4 Å². The van der Waals surface area contributed by atoms with Crippen molar-refractivity contribution < 1.29 is 9.94 Å². The van der Waals surface area contributed by atoms with Gasteiger partial charge in [-0.3, -0.25) is 4.98 Å². The molecule has 0 radical (unpaired) electrons. The van der Waals surface area contributed by atoms with E-state index >= 15 is 0 Å². The second kappa shape index (κ2) is 8.48. The van der Waals surface area contributed by atoms with Crippen LogP contribution in [0.2, 0.25) is 0 Å². The molecule has 26 heavy (non-hydrogen) atoms. The van der Waals surface area contributed by atoms with Crippen LogP contribution >= 0.6 is 11.8 Å². The number of rotatable bonds is 7. The standard InChI is InChI=1S/C18H19N5O2S/c1-3-23-17(14-8-10-19-11-9-14)20-21-18(23)26-12-16(22-24)13-4-6-15(25-2)7-5-13/h4-11,24H,3,12H2,1-2H3/b22-16-. The predicted molar refractivity (Wildman–Crippen MR) is 101 cm³/mol. The second-order valence-corrected chi connectivity index (χ2v) is 6.29. The average Bonchev–Trinajstić information content (AvgIpc) is 3.12. The van der Waals surface area contributed by atoms with Crippen LogP contribution in [0, 0.1) is 0 Å². The lowest BCUT2D eigenvalue weighted by molar-refractivity contribution is 0.319. The molecule has 0 amide bonds. The van der Waals surface area contributed by atoms with E-state index in [-0.39, 0.29) is 0 Å². The Bertz CT molecular complexity index is 878. The maximum absolute atomic E-state index is 9.39. The van der Waals surface area contributed by atoms with E-state index in [0.717, 1.165) is 34.4 Å². The summed E-state index contributed by atoms with van der Waals surface area (Å²) < 4.78 is 7.18. The van der Waals surface area contributed by atoms with E-state index in [1.54, 1.807) is 19.5 Å². The molecule has 0 bridgehead atoms. The van der Waals surface area contributed by atoms with Crippen molar-refractivity contribution in [3.63, 3.8) is 0 Å². The van der Waals surface area contributed by atoms with Crippen molar-refractivity contribution in [2.45, 2.75) is 18.6 Å². The summed E-state index contributed by atoms with van der Waals surface area (Å²) in [4.78, 5) is 4.03. The maximum atomic E-state index is 9.39. The lowest BCUT2D eigenvalue weighted by Crippen LogP contribution is -2.06. The molecule has 0 unspecified atom stereocenters. The van der Waals surface area contributed by atoms with Crippen molar-refractivity contribution in [2.24, 2.45) is 5.16 Å². The molecule has 0 aliphatic rings. The van der Waals surface area contributed by atoms with Gasteiger partial charge in [0.1, 0.15) is 5.75 Å². The summed E-state index contributed by atoms with van der Waals surface area (Å²) in [6, 6.07) is 11.2. The normalized spacial score (nSPS) is 11.5. The Kier molecular flexibility index (Phi) is 5.85. The van der Waals surface area contributed by atoms with Gasteiger partial charge in [0.2, 0.25) is 0 Å². The number of thioether (sulfide) groups is 1. The van der Waals surface area contributed by atoms with Crippen LogP contribution in [0.1, 0.15) is 12.5 Å². The molecular formula is C18H19N5O2S. The van der Waals surface area contributed by atoms with Crippen molar-refractivity contribution in [2.75, 3.05) is 12.9 Å². The number of pyridine rings is 1. The number of aromatic nitrogens is 4. The number of methoxy groups -OCH3 is 1. The molecule has 3 aromatic rings. The molecular weight excluding hydrogens is 350 g/mol.